The van der Waals surface area contributed by atoms with Gasteiger partial charge in [0.15, 0.2) is 0 Å². The Balaban J connectivity index is 2.13. The monoisotopic (exact) mass is 383 g/mol. The Morgan fingerprint density at radius 3 is 2.38 bits per heavy atom. The number of hydrogen-bond donors (Lipinski definition) is 1. The first-order chi connectivity index (χ1) is 11.4. The van der Waals surface area contributed by atoms with Crippen LogP contribution in [0.1, 0.15) is 32.2 Å². The van der Waals surface area contributed by atoms with Crippen LogP contribution in [0.3, 0.4) is 0 Å². The summed E-state index contributed by atoms with van der Waals surface area (Å²) in [6.07, 6.45) is 0. The average Bonchev–Trinajstić information content (AvgIpc) is 2.86. The van der Waals surface area contributed by atoms with Gasteiger partial charge in [-0.05, 0) is 17.7 Å². The summed E-state index contributed by atoms with van der Waals surface area (Å²) in [7, 11) is 0. The first-order valence-corrected chi connectivity index (χ1v) is 8.82. The molecular formula is C20H22BrN3. The van der Waals surface area contributed by atoms with Crippen molar-refractivity contribution >= 4 is 21.7 Å². The maximum atomic E-state index is 6.52. The van der Waals surface area contributed by atoms with E-state index >= 15 is 0 Å². The van der Waals surface area contributed by atoms with E-state index in [0.29, 0.717) is 5.82 Å². The minimum atomic E-state index is -0.0901. The summed E-state index contributed by atoms with van der Waals surface area (Å²) in [5.41, 5.74) is 9.51. The van der Waals surface area contributed by atoms with Gasteiger partial charge in [0.2, 0.25) is 0 Å². The quantitative estimate of drug-likeness (QED) is 0.671. The maximum Gasteiger partial charge on any atom is 0.132 e. The Hall–Kier alpha value is -2.07. The van der Waals surface area contributed by atoms with Gasteiger partial charge in [0.1, 0.15) is 17.3 Å². The van der Waals surface area contributed by atoms with Gasteiger partial charge in [-0.3, -0.25) is 0 Å². The van der Waals surface area contributed by atoms with Crippen molar-refractivity contribution in [1.29, 1.82) is 0 Å². The van der Waals surface area contributed by atoms with Crippen LogP contribution in [0.25, 0.3) is 11.3 Å². The van der Waals surface area contributed by atoms with E-state index in [-0.39, 0.29) is 5.41 Å². The molecule has 4 heteroatoms. The average molecular weight is 384 g/mol. The van der Waals surface area contributed by atoms with Crippen molar-refractivity contribution in [2.24, 2.45) is 0 Å². The predicted octanol–water partition coefficient (Wildman–Crippen LogP) is 5.24. The van der Waals surface area contributed by atoms with Crippen LogP contribution in [-0.4, -0.2) is 9.55 Å². The summed E-state index contributed by atoms with van der Waals surface area (Å²) in [5, 5.41) is 0. The molecule has 124 valence electrons. The minimum Gasteiger partial charge on any atom is -0.383 e. The van der Waals surface area contributed by atoms with Gasteiger partial charge >= 0.3 is 0 Å². The van der Waals surface area contributed by atoms with Crippen LogP contribution in [0.15, 0.2) is 59.1 Å². The number of aromatic nitrogens is 2. The Kier molecular flexibility index (Phi) is 4.50. The highest BCUT2D eigenvalue weighted by Crippen LogP contribution is 2.33. The summed E-state index contributed by atoms with van der Waals surface area (Å²) >= 11 is 3.53. The van der Waals surface area contributed by atoms with Crippen LogP contribution in [0.5, 0.6) is 0 Å². The number of benzene rings is 2. The Bertz CT molecular complexity index is 845. The fourth-order valence-corrected chi connectivity index (χ4v) is 3.21. The number of anilines is 1. The molecule has 0 saturated carbocycles. The number of hydrogen-bond acceptors (Lipinski definition) is 2. The molecule has 0 aliphatic rings. The molecule has 0 aliphatic heterocycles. The van der Waals surface area contributed by atoms with E-state index in [4.69, 9.17) is 10.7 Å². The van der Waals surface area contributed by atoms with Gasteiger partial charge in [0, 0.05) is 15.5 Å². The van der Waals surface area contributed by atoms with E-state index < -0.39 is 0 Å². The lowest BCUT2D eigenvalue weighted by Gasteiger charge is -2.20. The lowest BCUT2D eigenvalue weighted by Crippen LogP contribution is -2.20. The molecule has 3 aromatic rings. The van der Waals surface area contributed by atoms with Gasteiger partial charge in [-0.15, -0.1) is 0 Å². The molecule has 0 unspecified atom stereocenters. The van der Waals surface area contributed by atoms with E-state index in [1.165, 1.54) is 5.56 Å². The first-order valence-electron chi connectivity index (χ1n) is 8.02. The van der Waals surface area contributed by atoms with E-state index in [2.05, 4.69) is 71.6 Å². The van der Waals surface area contributed by atoms with Gasteiger partial charge in [-0.1, -0.05) is 79.2 Å². The first kappa shape index (κ1) is 16.8. The van der Waals surface area contributed by atoms with Crippen LogP contribution >= 0.6 is 15.9 Å². The van der Waals surface area contributed by atoms with E-state index in [1.54, 1.807) is 0 Å². The van der Waals surface area contributed by atoms with Gasteiger partial charge in [0.05, 0.1) is 6.54 Å². The molecule has 0 aliphatic carbocycles. The van der Waals surface area contributed by atoms with Crippen LogP contribution < -0.4 is 5.73 Å². The molecule has 0 bridgehead atoms. The van der Waals surface area contributed by atoms with E-state index in [9.17, 15) is 0 Å². The van der Waals surface area contributed by atoms with E-state index in [0.717, 1.165) is 28.1 Å². The highest BCUT2D eigenvalue weighted by atomic mass is 79.9. The largest absolute Gasteiger partial charge is 0.383 e. The number of rotatable bonds is 3. The normalized spacial score (nSPS) is 11.7. The molecule has 2 N–H and O–H groups in total. The van der Waals surface area contributed by atoms with Gasteiger partial charge in [0.25, 0.3) is 0 Å². The Morgan fingerprint density at radius 2 is 1.75 bits per heavy atom. The third-order valence-electron chi connectivity index (χ3n) is 3.96. The highest BCUT2D eigenvalue weighted by Gasteiger charge is 2.25. The number of nitrogens with zero attached hydrogens (tertiary/aromatic N) is 2. The zero-order valence-corrected chi connectivity index (χ0v) is 15.8. The van der Waals surface area contributed by atoms with Crippen molar-refractivity contribution in [3.05, 3.63) is 70.5 Å². The summed E-state index contributed by atoms with van der Waals surface area (Å²) < 4.78 is 3.15. The minimum absolute atomic E-state index is 0.0901. The van der Waals surface area contributed by atoms with E-state index in [1.807, 2.05) is 24.3 Å². The van der Waals surface area contributed by atoms with Crippen molar-refractivity contribution in [3.63, 3.8) is 0 Å². The molecule has 2 aromatic carbocycles. The second-order valence-corrected chi connectivity index (χ2v) is 7.92. The summed E-state index contributed by atoms with van der Waals surface area (Å²) in [6, 6.07) is 18.5. The summed E-state index contributed by atoms with van der Waals surface area (Å²) in [5.74, 6) is 1.71. The Morgan fingerprint density at radius 1 is 1.04 bits per heavy atom. The SMILES string of the molecule is CC(C)(C)c1nc(-c2cccc(Br)c2)c(N)n1Cc1ccccc1. The molecule has 24 heavy (non-hydrogen) atoms. The molecule has 3 rings (SSSR count). The second-order valence-electron chi connectivity index (χ2n) is 7.00. The number of nitrogen functional groups attached to an aromatic ring is 1. The molecule has 1 heterocycles. The molecular weight excluding hydrogens is 362 g/mol. The van der Waals surface area contributed by atoms with Crippen LogP contribution in [0, 0.1) is 0 Å². The molecule has 1 aromatic heterocycles. The number of halogens is 1. The highest BCUT2D eigenvalue weighted by molar-refractivity contribution is 9.10. The molecule has 0 fully saturated rings. The van der Waals surface area contributed by atoms with Crippen LogP contribution in [0.2, 0.25) is 0 Å². The van der Waals surface area contributed by atoms with Crippen molar-refractivity contribution in [1.82, 2.24) is 9.55 Å². The predicted molar refractivity (Wildman–Crippen MR) is 104 cm³/mol. The molecule has 0 amide bonds. The topological polar surface area (TPSA) is 43.8 Å². The summed E-state index contributed by atoms with van der Waals surface area (Å²) in [4.78, 5) is 4.91. The second kappa shape index (κ2) is 6.44. The van der Waals surface area contributed by atoms with Crippen molar-refractivity contribution in [3.8, 4) is 11.3 Å². The zero-order chi connectivity index (χ0) is 17.3. The van der Waals surface area contributed by atoms with Crippen molar-refractivity contribution < 1.29 is 0 Å². The van der Waals surface area contributed by atoms with Gasteiger partial charge in [-0.25, -0.2) is 4.98 Å². The fourth-order valence-electron chi connectivity index (χ4n) is 2.81. The molecule has 0 spiro atoms. The third kappa shape index (κ3) is 3.39. The number of nitrogens with two attached hydrogens (primary N) is 1. The van der Waals surface area contributed by atoms with Crippen LogP contribution in [0.4, 0.5) is 5.82 Å². The molecule has 3 nitrogen and oxygen atoms in total. The van der Waals surface area contributed by atoms with Gasteiger partial charge in [-0.2, -0.15) is 0 Å². The molecule has 0 radical (unpaired) electrons. The van der Waals surface area contributed by atoms with Crippen molar-refractivity contribution in [2.75, 3.05) is 5.73 Å². The zero-order valence-electron chi connectivity index (χ0n) is 14.3. The Labute approximate surface area is 151 Å². The lowest BCUT2D eigenvalue weighted by molar-refractivity contribution is 0.513. The standard InChI is InChI=1S/C20H22BrN3/c1-20(2,3)19-23-17(15-10-7-11-16(21)12-15)18(22)24(19)13-14-8-5-4-6-9-14/h4-12H,13,22H2,1-3H3. The van der Waals surface area contributed by atoms with Crippen molar-refractivity contribution in [2.45, 2.75) is 32.7 Å². The fraction of sp³-hybridized carbons (Fsp3) is 0.250. The third-order valence-corrected chi connectivity index (χ3v) is 4.45. The van der Waals surface area contributed by atoms with Crippen LogP contribution in [-0.2, 0) is 12.0 Å². The number of imidazole rings is 1. The molecule has 0 atom stereocenters. The summed E-state index contributed by atoms with van der Waals surface area (Å²) in [6.45, 7) is 7.23. The lowest BCUT2D eigenvalue weighted by atomic mass is 9.95. The maximum absolute atomic E-state index is 6.52. The molecule has 0 saturated heterocycles. The smallest absolute Gasteiger partial charge is 0.132 e. The van der Waals surface area contributed by atoms with Gasteiger partial charge < -0.3 is 10.3 Å².